The van der Waals surface area contributed by atoms with E-state index >= 15 is 0 Å². The molecule has 0 saturated carbocycles. The third kappa shape index (κ3) is 13.4. The molecule has 0 aliphatic carbocycles. The molecule has 16 heavy (non-hydrogen) atoms. The molecular formula is C14H29NO. The zero-order valence-electron chi connectivity index (χ0n) is 11.4. The number of hydrogen-bond acceptors (Lipinski definition) is 2. The molecule has 0 unspecified atom stereocenters. The van der Waals surface area contributed by atoms with Crippen molar-refractivity contribution in [3.8, 4) is 0 Å². The summed E-state index contributed by atoms with van der Waals surface area (Å²) in [6.45, 7) is 16.9. The minimum Gasteiger partial charge on any atom is -0.366 e. The van der Waals surface area contributed by atoms with Crippen LogP contribution < -0.4 is 0 Å². The van der Waals surface area contributed by atoms with Crippen molar-refractivity contribution in [2.75, 3.05) is 26.4 Å². The fourth-order valence-corrected chi connectivity index (χ4v) is 1.19. The van der Waals surface area contributed by atoms with Crippen LogP contribution in [-0.4, -0.2) is 31.3 Å². The molecule has 2 nitrogen and oxygen atoms in total. The van der Waals surface area contributed by atoms with Gasteiger partial charge in [0.15, 0.2) is 0 Å². The third-order valence-electron chi connectivity index (χ3n) is 1.94. The van der Waals surface area contributed by atoms with Crippen LogP contribution in [0.4, 0.5) is 0 Å². The van der Waals surface area contributed by atoms with E-state index < -0.39 is 0 Å². The van der Waals surface area contributed by atoms with Gasteiger partial charge in [-0.15, -0.1) is 13.2 Å². The zero-order chi connectivity index (χ0) is 12.6. The fraction of sp³-hybridized carbons (Fsp3) is 0.714. The second-order valence-corrected chi connectivity index (χ2v) is 3.36. The standard InChI is InChI=1S/C12H23NO.C2H6/c1-4-7-8-11-14-12-13(9-5-2)10-6-3;1-2/h5-6H,2-4,7-12H2,1H3;1-2H3. The van der Waals surface area contributed by atoms with Crippen LogP contribution in [0.1, 0.15) is 40.0 Å². The lowest BCUT2D eigenvalue weighted by Gasteiger charge is -2.18. The van der Waals surface area contributed by atoms with E-state index in [2.05, 4.69) is 25.0 Å². The Hall–Kier alpha value is -0.600. The minimum atomic E-state index is 0.682. The summed E-state index contributed by atoms with van der Waals surface area (Å²) in [6, 6.07) is 0. The van der Waals surface area contributed by atoms with Gasteiger partial charge in [0, 0.05) is 19.7 Å². The van der Waals surface area contributed by atoms with Crippen molar-refractivity contribution in [3.63, 3.8) is 0 Å². The maximum absolute atomic E-state index is 5.53. The summed E-state index contributed by atoms with van der Waals surface area (Å²) in [7, 11) is 0. The van der Waals surface area contributed by atoms with E-state index in [9.17, 15) is 0 Å². The summed E-state index contributed by atoms with van der Waals surface area (Å²) in [5.74, 6) is 0. The summed E-state index contributed by atoms with van der Waals surface area (Å²) in [5.41, 5.74) is 0. The predicted octanol–water partition coefficient (Wildman–Crippen LogP) is 3.85. The van der Waals surface area contributed by atoms with Crippen LogP contribution in [0.3, 0.4) is 0 Å². The first kappa shape index (κ1) is 17.8. The highest BCUT2D eigenvalue weighted by Gasteiger charge is 1.99. The Morgan fingerprint density at radius 3 is 2.06 bits per heavy atom. The molecule has 0 heterocycles. The topological polar surface area (TPSA) is 12.5 Å². The molecule has 0 spiro atoms. The lowest BCUT2D eigenvalue weighted by Crippen LogP contribution is -2.27. The Bertz CT molecular complexity index is 136. The van der Waals surface area contributed by atoms with E-state index in [-0.39, 0.29) is 0 Å². The summed E-state index contributed by atoms with van der Waals surface area (Å²) < 4.78 is 5.53. The Kier molecular flexibility index (Phi) is 18.7. The van der Waals surface area contributed by atoms with Crippen molar-refractivity contribution in [2.24, 2.45) is 0 Å². The maximum Gasteiger partial charge on any atom is 0.0995 e. The van der Waals surface area contributed by atoms with Crippen LogP contribution >= 0.6 is 0 Å². The highest BCUT2D eigenvalue weighted by molar-refractivity contribution is 4.78. The summed E-state index contributed by atoms with van der Waals surface area (Å²) in [5, 5.41) is 0. The van der Waals surface area contributed by atoms with Crippen molar-refractivity contribution in [1.29, 1.82) is 0 Å². The van der Waals surface area contributed by atoms with Crippen LogP contribution in [0, 0.1) is 0 Å². The number of rotatable bonds is 10. The smallest absolute Gasteiger partial charge is 0.0995 e. The molecule has 0 aromatic carbocycles. The lowest BCUT2D eigenvalue weighted by atomic mass is 10.3. The van der Waals surface area contributed by atoms with Crippen molar-refractivity contribution >= 4 is 0 Å². The molecule has 0 bridgehead atoms. The number of nitrogens with zero attached hydrogens (tertiary/aromatic N) is 1. The van der Waals surface area contributed by atoms with E-state index in [1.54, 1.807) is 0 Å². The minimum absolute atomic E-state index is 0.682. The molecular weight excluding hydrogens is 198 g/mol. The Morgan fingerprint density at radius 1 is 1.06 bits per heavy atom. The van der Waals surface area contributed by atoms with Gasteiger partial charge >= 0.3 is 0 Å². The van der Waals surface area contributed by atoms with Crippen LogP contribution in [0.5, 0.6) is 0 Å². The molecule has 96 valence electrons. The quantitative estimate of drug-likeness (QED) is 0.319. The molecule has 0 N–H and O–H groups in total. The molecule has 0 aromatic heterocycles. The van der Waals surface area contributed by atoms with Gasteiger partial charge in [-0.05, 0) is 6.42 Å². The lowest BCUT2D eigenvalue weighted by molar-refractivity contribution is 0.0391. The predicted molar refractivity (Wildman–Crippen MR) is 73.7 cm³/mol. The first-order chi connectivity index (χ1) is 7.85. The van der Waals surface area contributed by atoms with Crippen molar-refractivity contribution < 1.29 is 4.74 Å². The SMILES string of the molecule is C=CCN(CC=C)COCCCCC.CC. The van der Waals surface area contributed by atoms with E-state index in [4.69, 9.17) is 4.74 Å². The Morgan fingerprint density at radius 2 is 1.62 bits per heavy atom. The molecule has 0 amide bonds. The van der Waals surface area contributed by atoms with Crippen molar-refractivity contribution in [3.05, 3.63) is 25.3 Å². The largest absolute Gasteiger partial charge is 0.366 e. The molecule has 0 saturated heterocycles. The van der Waals surface area contributed by atoms with Crippen LogP contribution in [0.25, 0.3) is 0 Å². The monoisotopic (exact) mass is 227 g/mol. The number of unbranched alkanes of at least 4 members (excludes halogenated alkanes) is 2. The van der Waals surface area contributed by atoms with E-state index in [0.29, 0.717) is 6.73 Å². The Labute approximate surface area is 102 Å². The molecule has 2 heteroatoms. The zero-order valence-corrected chi connectivity index (χ0v) is 11.4. The molecule has 0 aliphatic rings. The van der Waals surface area contributed by atoms with Gasteiger partial charge in [0.05, 0.1) is 6.73 Å². The van der Waals surface area contributed by atoms with Gasteiger partial charge in [0.2, 0.25) is 0 Å². The average Bonchev–Trinajstić information content (AvgIpc) is 2.32. The van der Waals surface area contributed by atoms with Gasteiger partial charge in [0.25, 0.3) is 0 Å². The van der Waals surface area contributed by atoms with Gasteiger partial charge in [-0.25, -0.2) is 0 Å². The number of ether oxygens (including phenoxy) is 1. The third-order valence-corrected chi connectivity index (χ3v) is 1.94. The van der Waals surface area contributed by atoms with Gasteiger partial charge in [-0.3, -0.25) is 4.90 Å². The van der Waals surface area contributed by atoms with Gasteiger partial charge in [-0.2, -0.15) is 0 Å². The van der Waals surface area contributed by atoms with Crippen LogP contribution in [0.15, 0.2) is 25.3 Å². The van der Waals surface area contributed by atoms with Crippen LogP contribution in [0.2, 0.25) is 0 Å². The summed E-state index contributed by atoms with van der Waals surface area (Å²) >= 11 is 0. The molecule has 0 aliphatic heterocycles. The first-order valence-electron chi connectivity index (χ1n) is 6.37. The van der Waals surface area contributed by atoms with Gasteiger partial charge < -0.3 is 4.74 Å². The summed E-state index contributed by atoms with van der Waals surface area (Å²) in [4.78, 5) is 2.16. The molecule has 0 rings (SSSR count). The van der Waals surface area contributed by atoms with E-state index in [1.165, 1.54) is 12.8 Å². The number of hydrogen-bond donors (Lipinski definition) is 0. The fourth-order valence-electron chi connectivity index (χ4n) is 1.19. The molecule has 0 atom stereocenters. The van der Waals surface area contributed by atoms with Crippen molar-refractivity contribution in [1.82, 2.24) is 4.90 Å². The van der Waals surface area contributed by atoms with Gasteiger partial charge in [0.1, 0.15) is 0 Å². The normalized spacial score (nSPS) is 9.50. The first-order valence-corrected chi connectivity index (χ1v) is 6.37. The van der Waals surface area contributed by atoms with Gasteiger partial charge in [-0.1, -0.05) is 45.8 Å². The molecule has 0 aromatic rings. The highest BCUT2D eigenvalue weighted by atomic mass is 16.5. The summed E-state index contributed by atoms with van der Waals surface area (Å²) in [6.07, 6.45) is 7.43. The highest BCUT2D eigenvalue weighted by Crippen LogP contribution is 1.96. The second kappa shape index (κ2) is 16.8. The van der Waals surface area contributed by atoms with E-state index in [1.807, 2.05) is 26.0 Å². The second-order valence-electron chi connectivity index (χ2n) is 3.36. The maximum atomic E-state index is 5.53. The van der Waals surface area contributed by atoms with Crippen LogP contribution in [-0.2, 0) is 4.74 Å². The Balaban J connectivity index is 0. The molecule has 0 radical (unpaired) electrons. The molecule has 0 fully saturated rings. The average molecular weight is 227 g/mol. The van der Waals surface area contributed by atoms with Crippen molar-refractivity contribution in [2.45, 2.75) is 40.0 Å². The van der Waals surface area contributed by atoms with E-state index in [0.717, 1.165) is 26.1 Å².